The number of amidine groups is 1. The van der Waals surface area contributed by atoms with Gasteiger partial charge in [-0.25, -0.2) is 0 Å². The largest absolute Gasteiger partial charge is 0.409 e. The fourth-order valence-electron chi connectivity index (χ4n) is 3.02. The number of carbonyl (C=O) groups excluding carboxylic acids is 1. The first kappa shape index (κ1) is 13.5. The van der Waals surface area contributed by atoms with Crippen molar-refractivity contribution in [1.29, 1.82) is 0 Å². The van der Waals surface area contributed by atoms with Gasteiger partial charge in [0.25, 0.3) is 0 Å². The Balaban J connectivity index is 2.14. The van der Waals surface area contributed by atoms with Gasteiger partial charge in [0.2, 0.25) is 5.91 Å². The summed E-state index contributed by atoms with van der Waals surface area (Å²) in [5.74, 6) is 1.56. The van der Waals surface area contributed by atoms with E-state index >= 15 is 0 Å². The first-order valence-electron chi connectivity index (χ1n) is 6.38. The summed E-state index contributed by atoms with van der Waals surface area (Å²) in [7, 11) is 0. The summed E-state index contributed by atoms with van der Waals surface area (Å²) in [4.78, 5) is 14.5. The lowest BCUT2D eigenvalue weighted by molar-refractivity contribution is -0.144. The number of carbonyl (C=O) groups is 1. The van der Waals surface area contributed by atoms with Gasteiger partial charge >= 0.3 is 0 Å². The van der Waals surface area contributed by atoms with Crippen molar-refractivity contribution >= 4 is 23.5 Å². The molecule has 2 aliphatic rings. The third kappa shape index (κ3) is 2.18. The number of nitrogens with two attached hydrogens (primary N) is 1. The van der Waals surface area contributed by atoms with Crippen LogP contribution in [0.1, 0.15) is 26.7 Å². The van der Waals surface area contributed by atoms with E-state index in [1.54, 1.807) is 0 Å². The normalized spacial score (nSPS) is 37.2. The molecule has 3 N–H and O–H groups in total. The Morgan fingerprint density at radius 2 is 2.17 bits per heavy atom. The lowest BCUT2D eigenvalue weighted by Gasteiger charge is -2.47. The number of nitrogens with zero attached hydrogens (tertiary/aromatic N) is 2. The van der Waals surface area contributed by atoms with E-state index in [-0.39, 0.29) is 11.7 Å². The number of oxime groups is 1. The zero-order valence-electron chi connectivity index (χ0n) is 10.9. The number of hydrogen-bond acceptors (Lipinski definition) is 4. The van der Waals surface area contributed by atoms with Gasteiger partial charge < -0.3 is 15.8 Å². The van der Waals surface area contributed by atoms with Gasteiger partial charge in [0.05, 0.1) is 0 Å². The molecule has 1 unspecified atom stereocenters. The zero-order valence-corrected chi connectivity index (χ0v) is 11.7. The van der Waals surface area contributed by atoms with Crippen molar-refractivity contribution in [2.24, 2.45) is 22.2 Å². The second-order valence-electron chi connectivity index (χ2n) is 5.51. The molecule has 1 aliphatic carbocycles. The molecule has 0 aromatic heterocycles. The lowest BCUT2D eigenvalue weighted by atomic mass is 9.61. The lowest BCUT2D eigenvalue weighted by Crippen LogP contribution is -2.59. The van der Waals surface area contributed by atoms with Crippen LogP contribution in [0.15, 0.2) is 5.16 Å². The van der Waals surface area contributed by atoms with Crippen molar-refractivity contribution in [1.82, 2.24) is 4.90 Å². The third-order valence-electron chi connectivity index (χ3n) is 3.93. The van der Waals surface area contributed by atoms with Crippen LogP contribution in [0.4, 0.5) is 0 Å². The third-order valence-corrected chi connectivity index (χ3v) is 5.07. The summed E-state index contributed by atoms with van der Waals surface area (Å²) in [6, 6.07) is 0. The zero-order chi connectivity index (χ0) is 13.3. The molecule has 6 heteroatoms. The van der Waals surface area contributed by atoms with Crippen molar-refractivity contribution in [2.75, 3.05) is 18.8 Å². The maximum atomic E-state index is 12.6. The molecule has 0 aromatic rings. The van der Waals surface area contributed by atoms with E-state index in [0.29, 0.717) is 24.0 Å². The highest BCUT2D eigenvalue weighted by Crippen LogP contribution is 2.47. The molecule has 0 radical (unpaired) electrons. The first-order valence-corrected chi connectivity index (χ1v) is 7.43. The summed E-state index contributed by atoms with van der Waals surface area (Å²) in [6.45, 7) is 5.75. The van der Waals surface area contributed by atoms with E-state index in [0.717, 1.165) is 18.8 Å². The van der Waals surface area contributed by atoms with Gasteiger partial charge in [-0.3, -0.25) is 4.79 Å². The van der Waals surface area contributed by atoms with Gasteiger partial charge in [-0.2, -0.15) is 11.8 Å². The molecule has 0 spiro atoms. The van der Waals surface area contributed by atoms with Crippen LogP contribution >= 0.6 is 11.8 Å². The summed E-state index contributed by atoms with van der Waals surface area (Å²) < 4.78 is 0. The summed E-state index contributed by atoms with van der Waals surface area (Å²) in [5.41, 5.74) is 5.02. The maximum absolute atomic E-state index is 12.6. The average molecular weight is 271 g/mol. The Hall–Kier alpha value is -0.910. The quantitative estimate of drug-likeness (QED) is 0.341. The molecule has 18 heavy (non-hydrogen) atoms. The minimum atomic E-state index is -0.740. The molecule has 1 heterocycles. The van der Waals surface area contributed by atoms with Crippen LogP contribution in [0.3, 0.4) is 0 Å². The Bertz CT molecular complexity index is 366. The van der Waals surface area contributed by atoms with Crippen molar-refractivity contribution in [3.05, 3.63) is 0 Å². The summed E-state index contributed by atoms with van der Waals surface area (Å²) in [5, 5.41) is 12.5. The van der Waals surface area contributed by atoms with E-state index in [1.807, 2.05) is 16.7 Å². The molecule has 2 rings (SSSR count). The van der Waals surface area contributed by atoms with Crippen LogP contribution in [0.25, 0.3) is 0 Å². The molecule has 1 aliphatic heterocycles. The van der Waals surface area contributed by atoms with E-state index < -0.39 is 5.41 Å². The summed E-state index contributed by atoms with van der Waals surface area (Å²) in [6.07, 6.45) is 1.39. The molecule has 0 bridgehead atoms. The molecule has 1 saturated heterocycles. The number of amides is 1. The molecule has 1 saturated carbocycles. The van der Waals surface area contributed by atoms with Crippen LogP contribution in [-0.4, -0.2) is 45.9 Å². The summed E-state index contributed by atoms with van der Waals surface area (Å²) >= 11 is 1.89. The highest BCUT2D eigenvalue weighted by molar-refractivity contribution is 7.99. The smallest absolute Gasteiger partial charge is 0.236 e. The second kappa shape index (κ2) is 4.99. The Morgan fingerprint density at radius 1 is 1.50 bits per heavy atom. The molecule has 2 fully saturated rings. The fourth-order valence-corrected chi connectivity index (χ4v) is 4.04. The fraction of sp³-hybridized carbons (Fsp3) is 0.833. The van der Waals surface area contributed by atoms with Crippen molar-refractivity contribution in [3.8, 4) is 0 Å². The van der Waals surface area contributed by atoms with Gasteiger partial charge in [-0.1, -0.05) is 19.0 Å². The molecular formula is C12H21N3O2S. The van der Waals surface area contributed by atoms with Gasteiger partial charge in [0, 0.05) is 24.1 Å². The highest BCUT2D eigenvalue weighted by atomic mass is 32.2. The van der Waals surface area contributed by atoms with Crippen molar-refractivity contribution < 1.29 is 10.0 Å². The van der Waals surface area contributed by atoms with Crippen molar-refractivity contribution in [3.63, 3.8) is 0 Å². The van der Waals surface area contributed by atoms with Crippen LogP contribution < -0.4 is 5.73 Å². The monoisotopic (exact) mass is 271 g/mol. The van der Waals surface area contributed by atoms with E-state index in [9.17, 15) is 4.79 Å². The van der Waals surface area contributed by atoms with Crippen LogP contribution in [0, 0.1) is 11.3 Å². The number of hydrogen-bond donors (Lipinski definition) is 2. The SMILES string of the molecule is CC1CC(C(=O)N2CCSC(C)C2)(C(N)=NO)C1. The van der Waals surface area contributed by atoms with Crippen LogP contribution in [0.5, 0.6) is 0 Å². The maximum Gasteiger partial charge on any atom is 0.236 e. The Labute approximate surface area is 112 Å². The van der Waals surface area contributed by atoms with Gasteiger partial charge in [0.1, 0.15) is 5.41 Å². The Morgan fingerprint density at radius 3 is 2.67 bits per heavy atom. The minimum Gasteiger partial charge on any atom is -0.409 e. The average Bonchev–Trinajstić information content (AvgIpc) is 2.33. The standard InChI is InChI=1S/C12H21N3O2S/c1-8-5-12(6-8,10(13)14-17)11(16)15-3-4-18-9(2)7-15/h8-9,17H,3-7H2,1-2H3,(H2,13,14). The van der Waals surface area contributed by atoms with Gasteiger partial charge in [-0.15, -0.1) is 0 Å². The molecular weight excluding hydrogens is 250 g/mol. The molecule has 5 nitrogen and oxygen atoms in total. The minimum absolute atomic E-state index is 0.0445. The van der Waals surface area contributed by atoms with Crippen molar-refractivity contribution in [2.45, 2.75) is 31.9 Å². The molecule has 1 amide bonds. The van der Waals surface area contributed by atoms with Crippen LogP contribution in [-0.2, 0) is 4.79 Å². The van der Waals surface area contributed by atoms with E-state index in [2.05, 4.69) is 19.0 Å². The van der Waals surface area contributed by atoms with Gasteiger partial charge in [0.15, 0.2) is 5.84 Å². The van der Waals surface area contributed by atoms with Gasteiger partial charge in [-0.05, 0) is 18.8 Å². The predicted octanol–water partition coefficient (Wildman–Crippen LogP) is 1.11. The topological polar surface area (TPSA) is 78.9 Å². The Kier molecular flexibility index (Phi) is 3.75. The second-order valence-corrected chi connectivity index (χ2v) is 7.06. The molecule has 102 valence electrons. The number of rotatable bonds is 2. The van der Waals surface area contributed by atoms with Crippen LogP contribution in [0.2, 0.25) is 0 Å². The number of thioether (sulfide) groups is 1. The molecule has 1 atom stereocenters. The molecule has 0 aromatic carbocycles. The highest BCUT2D eigenvalue weighted by Gasteiger charge is 2.53. The van der Waals surface area contributed by atoms with E-state index in [4.69, 9.17) is 10.9 Å². The first-order chi connectivity index (χ1) is 8.49. The van der Waals surface area contributed by atoms with E-state index in [1.165, 1.54) is 0 Å². The predicted molar refractivity (Wildman–Crippen MR) is 72.7 cm³/mol.